The summed E-state index contributed by atoms with van der Waals surface area (Å²) in [5.41, 5.74) is 1.77. The molecule has 2 aromatic rings. The summed E-state index contributed by atoms with van der Waals surface area (Å²) in [5.74, 6) is -0.663. The van der Waals surface area contributed by atoms with Crippen molar-refractivity contribution in [3.63, 3.8) is 0 Å². The smallest absolute Gasteiger partial charge is 0.261 e. The Morgan fingerprint density at radius 1 is 0.920 bits per heavy atom. The molecule has 1 aliphatic heterocycles. The van der Waals surface area contributed by atoms with Crippen LogP contribution in [0.5, 0.6) is 0 Å². The van der Waals surface area contributed by atoms with E-state index in [0.717, 1.165) is 10.5 Å². The lowest BCUT2D eigenvalue weighted by atomic mass is 10.1. The second kappa shape index (κ2) is 6.78. The molecule has 130 valence electrons. The molecule has 1 heterocycles. The number of nitrogens with zero attached hydrogens (tertiary/aromatic N) is 1. The van der Waals surface area contributed by atoms with Crippen molar-refractivity contribution in [3.8, 4) is 0 Å². The Hall–Kier alpha value is -2.51. The number of nitrogens with one attached hydrogen (secondary N) is 1. The van der Waals surface area contributed by atoms with Crippen LogP contribution in [0.3, 0.4) is 0 Å². The van der Waals surface area contributed by atoms with E-state index >= 15 is 0 Å². The Balaban J connectivity index is 1.57. The van der Waals surface area contributed by atoms with E-state index in [9.17, 15) is 18.0 Å². The fourth-order valence-electron chi connectivity index (χ4n) is 2.69. The van der Waals surface area contributed by atoms with Crippen molar-refractivity contribution in [1.82, 2.24) is 9.62 Å². The summed E-state index contributed by atoms with van der Waals surface area (Å²) in [6, 6.07) is 13.2. The number of sulfonamides is 1. The van der Waals surface area contributed by atoms with Crippen LogP contribution in [-0.4, -0.2) is 38.2 Å². The van der Waals surface area contributed by atoms with Crippen LogP contribution in [0.2, 0.25) is 0 Å². The van der Waals surface area contributed by atoms with E-state index in [-0.39, 0.29) is 29.8 Å². The van der Waals surface area contributed by atoms with Crippen LogP contribution in [-0.2, 0) is 10.0 Å². The highest BCUT2D eigenvalue weighted by molar-refractivity contribution is 7.89. The number of fused-ring (bicyclic) bond motifs is 1. The van der Waals surface area contributed by atoms with Crippen LogP contribution < -0.4 is 4.72 Å². The van der Waals surface area contributed by atoms with Gasteiger partial charge in [0, 0.05) is 13.1 Å². The van der Waals surface area contributed by atoms with Crippen LogP contribution in [0, 0.1) is 6.92 Å². The lowest BCUT2D eigenvalue weighted by Gasteiger charge is -2.14. The Morgan fingerprint density at radius 2 is 1.48 bits per heavy atom. The number of benzene rings is 2. The molecule has 0 saturated heterocycles. The summed E-state index contributed by atoms with van der Waals surface area (Å²) in [6.07, 6.45) is 0.344. The van der Waals surface area contributed by atoms with Gasteiger partial charge in [-0.1, -0.05) is 29.8 Å². The third kappa shape index (κ3) is 3.47. The number of imide groups is 1. The highest BCUT2D eigenvalue weighted by Gasteiger charge is 2.34. The van der Waals surface area contributed by atoms with Gasteiger partial charge < -0.3 is 0 Å². The third-order valence-electron chi connectivity index (χ3n) is 4.06. The Morgan fingerprint density at radius 3 is 2.04 bits per heavy atom. The molecule has 0 unspecified atom stereocenters. The molecule has 1 N–H and O–H groups in total. The van der Waals surface area contributed by atoms with Gasteiger partial charge >= 0.3 is 0 Å². The molecule has 0 radical (unpaired) electrons. The Bertz CT molecular complexity index is 885. The molecule has 0 saturated carbocycles. The maximum absolute atomic E-state index is 12.2. The van der Waals surface area contributed by atoms with Crippen molar-refractivity contribution in [1.29, 1.82) is 0 Å². The quantitative estimate of drug-likeness (QED) is 0.632. The molecule has 1 aliphatic rings. The van der Waals surface area contributed by atoms with Crippen LogP contribution in [0.25, 0.3) is 0 Å². The average molecular weight is 358 g/mol. The summed E-state index contributed by atoms with van der Waals surface area (Å²) in [4.78, 5) is 25.8. The van der Waals surface area contributed by atoms with Crippen LogP contribution in [0.4, 0.5) is 0 Å². The van der Waals surface area contributed by atoms with E-state index in [4.69, 9.17) is 0 Å². The van der Waals surface area contributed by atoms with Crippen molar-refractivity contribution in [3.05, 3.63) is 65.2 Å². The minimum absolute atomic E-state index is 0.142. The van der Waals surface area contributed by atoms with Crippen molar-refractivity contribution < 1.29 is 18.0 Å². The zero-order valence-corrected chi connectivity index (χ0v) is 14.5. The number of hydrogen-bond donors (Lipinski definition) is 1. The fraction of sp³-hybridized carbons (Fsp3) is 0.222. The second-order valence-corrected chi connectivity index (χ2v) is 7.64. The maximum atomic E-state index is 12.2. The van der Waals surface area contributed by atoms with Crippen LogP contribution in [0.1, 0.15) is 32.7 Å². The van der Waals surface area contributed by atoms with E-state index in [2.05, 4.69) is 4.72 Å². The zero-order valence-electron chi connectivity index (χ0n) is 13.7. The van der Waals surface area contributed by atoms with Crippen molar-refractivity contribution in [2.75, 3.05) is 13.1 Å². The number of rotatable bonds is 6. The lowest BCUT2D eigenvalue weighted by Crippen LogP contribution is -2.33. The van der Waals surface area contributed by atoms with Gasteiger partial charge in [0.15, 0.2) is 0 Å². The van der Waals surface area contributed by atoms with Crippen molar-refractivity contribution in [2.45, 2.75) is 18.2 Å². The molecular weight excluding hydrogens is 340 g/mol. The Labute approximate surface area is 146 Å². The van der Waals surface area contributed by atoms with Crippen molar-refractivity contribution in [2.24, 2.45) is 0 Å². The molecule has 2 aromatic carbocycles. The molecule has 2 amide bonds. The van der Waals surface area contributed by atoms with Gasteiger partial charge in [-0.2, -0.15) is 0 Å². The van der Waals surface area contributed by atoms with Gasteiger partial charge in [-0.15, -0.1) is 0 Å². The maximum Gasteiger partial charge on any atom is 0.261 e. The molecule has 3 rings (SSSR count). The number of carbonyl (C=O) groups is 2. The first-order valence-corrected chi connectivity index (χ1v) is 9.40. The first-order valence-electron chi connectivity index (χ1n) is 7.92. The Kier molecular flexibility index (Phi) is 4.69. The summed E-state index contributed by atoms with van der Waals surface area (Å²) < 4.78 is 26.9. The highest BCUT2D eigenvalue weighted by Crippen LogP contribution is 2.22. The number of aryl methyl sites for hydroxylation is 1. The molecule has 0 bridgehead atoms. The van der Waals surface area contributed by atoms with Gasteiger partial charge in [0.1, 0.15) is 0 Å². The first-order chi connectivity index (χ1) is 11.9. The van der Waals surface area contributed by atoms with Gasteiger partial charge in [-0.3, -0.25) is 14.5 Å². The standard InChI is InChI=1S/C18H18N2O4S/c1-13-7-9-14(10-8-13)25(23,24)19-11-4-12-20-17(21)15-5-2-3-6-16(15)18(20)22/h2-3,5-10,19H,4,11-12H2,1H3. The second-order valence-electron chi connectivity index (χ2n) is 5.87. The molecule has 7 heteroatoms. The predicted molar refractivity (Wildman–Crippen MR) is 92.8 cm³/mol. The predicted octanol–water partition coefficient (Wildman–Crippen LogP) is 1.96. The molecule has 0 fully saturated rings. The molecule has 0 spiro atoms. The van der Waals surface area contributed by atoms with Gasteiger partial charge in [0.25, 0.3) is 11.8 Å². The monoisotopic (exact) mass is 358 g/mol. The van der Waals surface area contributed by atoms with Crippen LogP contribution >= 0.6 is 0 Å². The molecule has 0 atom stereocenters. The summed E-state index contributed by atoms with van der Waals surface area (Å²) >= 11 is 0. The fourth-order valence-corrected chi connectivity index (χ4v) is 3.76. The van der Waals surface area contributed by atoms with E-state index < -0.39 is 10.0 Å². The topological polar surface area (TPSA) is 83.6 Å². The number of hydrogen-bond acceptors (Lipinski definition) is 4. The molecule has 0 aliphatic carbocycles. The van der Waals surface area contributed by atoms with E-state index in [1.807, 2.05) is 6.92 Å². The number of carbonyl (C=O) groups excluding carboxylic acids is 2. The van der Waals surface area contributed by atoms with E-state index in [1.54, 1.807) is 48.5 Å². The molecule has 0 aromatic heterocycles. The summed E-state index contributed by atoms with van der Waals surface area (Å²) in [6.45, 7) is 2.19. The molecular formula is C18H18N2O4S. The largest absolute Gasteiger partial charge is 0.274 e. The minimum atomic E-state index is -3.59. The van der Waals surface area contributed by atoms with Gasteiger partial charge in [-0.25, -0.2) is 13.1 Å². The minimum Gasteiger partial charge on any atom is -0.274 e. The highest BCUT2D eigenvalue weighted by atomic mass is 32.2. The van der Waals surface area contributed by atoms with E-state index in [1.165, 1.54) is 0 Å². The van der Waals surface area contributed by atoms with Gasteiger partial charge in [0.2, 0.25) is 10.0 Å². The SMILES string of the molecule is Cc1ccc(S(=O)(=O)NCCCN2C(=O)c3ccccc3C2=O)cc1. The van der Waals surface area contributed by atoms with Crippen molar-refractivity contribution >= 4 is 21.8 Å². The van der Waals surface area contributed by atoms with E-state index in [0.29, 0.717) is 17.5 Å². The first kappa shape index (κ1) is 17.3. The molecule has 6 nitrogen and oxygen atoms in total. The van der Waals surface area contributed by atoms with Gasteiger partial charge in [-0.05, 0) is 37.6 Å². The summed E-state index contributed by atoms with van der Waals surface area (Å²) in [7, 11) is -3.59. The van der Waals surface area contributed by atoms with Crippen LogP contribution in [0.15, 0.2) is 53.4 Å². The number of amides is 2. The average Bonchev–Trinajstić information content (AvgIpc) is 2.84. The summed E-state index contributed by atoms with van der Waals surface area (Å²) in [5, 5.41) is 0. The third-order valence-corrected chi connectivity index (χ3v) is 5.54. The zero-order chi connectivity index (χ0) is 18.0. The van der Waals surface area contributed by atoms with Gasteiger partial charge in [0.05, 0.1) is 16.0 Å². The molecule has 25 heavy (non-hydrogen) atoms. The lowest BCUT2D eigenvalue weighted by molar-refractivity contribution is 0.0653. The normalized spacial score (nSPS) is 14.0.